The molecule has 0 aliphatic carbocycles. The third-order valence-corrected chi connectivity index (χ3v) is 11.6. The standard InChI is InChI=1S/C51H36N2O/c1-51(2)42-22-12-13-23-44(42)53-48-39-19-9-6-16-35(39)26-31-47(48)54-50-45(30-29-43(51)49(50)53)52(37-27-24-34(25-28-37)33-14-4-3-5-15-33)46-32-36-17-7-8-18-38(36)40-20-10-11-21-41(40)46/h3-32H,1-2H3. The molecule has 0 unspecified atom stereocenters. The molecule has 0 amide bonds. The van der Waals surface area contributed by atoms with Gasteiger partial charge in [0.05, 0.1) is 28.4 Å². The van der Waals surface area contributed by atoms with Crippen molar-refractivity contribution >= 4 is 66.4 Å². The highest BCUT2D eigenvalue weighted by molar-refractivity contribution is 6.15. The van der Waals surface area contributed by atoms with Gasteiger partial charge in [-0.2, -0.15) is 0 Å². The van der Waals surface area contributed by atoms with Gasteiger partial charge in [-0.05, 0) is 80.2 Å². The Hall–Kier alpha value is -6.84. The van der Waals surface area contributed by atoms with E-state index >= 15 is 0 Å². The first-order valence-corrected chi connectivity index (χ1v) is 18.7. The van der Waals surface area contributed by atoms with E-state index in [4.69, 9.17) is 4.74 Å². The van der Waals surface area contributed by atoms with Crippen molar-refractivity contribution in [3.8, 4) is 22.6 Å². The van der Waals surface area contributed by atoms with Gasteiger partial charge in [0.1, 0.15) is 0 Å². The number of fused-ring (bicyclic) bond motifs is 9. The fraction of sp³-hybridized carbons (Fsp3) is 0.0588. The zero-order chi connectivity index (χ0) is 36.0. The zero-order valence-electron chi connectivity index (χ0n) is 30.1. The Kier molecular flexibility index (Phi) is 6.60. The first-order chi connectivity index (χ1) is 26.6. The average Bonchev–Trinajstić information content (AvgIpc) is 3.23. The molecule has 0 spiro atoms. The molecule has 256 valence electrons. The molecule has 0 fully saturated rings. The SMILES string of the molecule is CC1(C)c2ccccc2N2c3c1ccc(N(c1ccc(-c4ccccc4)cc1)c1cc4ccccc4c4ccccc14)c3Oc1ccc3ccccc3c12. The third kappa shape index (κ3) is 4.42. The summed E-state index contributed by atoms with van der Waals surface area (Å²) in [5.74, 6) is 1.69. The number of para-hydroxylation sites is 1. The van der Waals surface area contributed by atoms with Gasteiger partial charge >= 0.3 is 0 Å². The number of ether oxygens (including phenoxy) is 1. The molecular weight excluding hydrogens is 657 g/mol. The molecule has 0 saturated carbocycles. The van der Waals surface area contributed by atoms with E-state index in [0.29, 0.717) is 0 Å². The van der Waals surface area contributed by atoms with E-state index in [2.05, 4.69) is 206 Å². The molecule has 0 aromatic heterocycles. The highest BCUT2D eigenvalue weighted by atomic mass is 16.5. The number of rotatable bonds is 4. The van der Waals surface area contributed by atoms with E-state index in [1.807, 2.05) is 0 Å². The average molecular weight is 693 g/mol. The molecule has 0 atom stereocenters. The molecular formula is C51H36N2O. The summed E-state index contributed by atoms with van der Waals surface area (Å²) in [7, 11) is 0. The lowest BCUT2D eigenvalue weighted by atomic mass is 9.73. The van der Waals surface area contributed by atoms with E-state index < -0.39 is 0 Å². The van der Waals surface area contributed by atoms with Crippen molar-refractivity contribution in [1.29, 1.82) is 0 Å². The Morgan fingerprint density at radius 3 is 1.93 bits per heavy atom. The highest BCUT2D eigenvalue weighted by Gasteiger charge is 2.43. The van der Waals surface area contributed by atoms with Crippen molar-refractivity contribution in [3.05, 3.63) is 193 Å². The number of benzene rings is 9. The molecule has 0 N–H and O–H groups in total. The molecule has 9 aromatic rings. The summed E-state index contributed by atoms with van der Waals surface area (Å²) in [5.41, 5.74) is 11.1. The Balaban J connectivity index is 1.23. The highest BCUT2D eigenvalue weighted by Crippen LogP contribution is 2.64. The van der Waals surface area contributed by atoms with Gasteiger partial charge in [0, 0.05) is 21.9 Å². The molecule has 9 aromatic carbocycles. The van der Waals surface area contributed by atoms with Crippen LogP contribution in [-0.2, 0) is 5.41 Å². The minimum atomic E-state index is -0.265. The van der Waals surface area contributed by atoms with Crippen LogP contribution in [0.3, 0.4) is 0 Å². The van der Waals surface area contributed by atoms with Crippen LogP contribution in [0, 0.1) is 0 Å². The maximum Gasteiger partial charge on any atom is 0.175 e. The second-order valence-electron chi connectivity index (χ2n) is 14.9. The van der Waals surface area contributed by atoms with Crippen molar-refractivity contribution in [2.45, 2.75) is 19.3 Å². The number of hydrogen-bond donors (Lipinski definition) is 0. The summed E-state index contributed by atoms with van der Waals surface area (Å²) in [6.45, 7) is 4.68. The van der Waals surface area contributed by atoms with Crippen molar-refractivity contribution in [3.63, 3.8) is 0 Å². The second-order valence-corrected chi connectivity index (χ2v) is 14.9. The Labute approximate surface area is 314 Å². The fourth-order valence-electron chi connectivity index (χ4n) is 8.98. The lowest BCUT2D eigenvalue weighted by Crippen LogP contribution is -2.33. The second kappa shape index (κ2) is 11.6. The van der Waals surface area contributed by atoms with Crippen molar-refractivity contribution in [1.82, 2.24) is 0 Å². The van der Waals surface area contributed by atoms with Crippen molar-refractivity contribution < 1.29 is 4.74 Å². The normalized spacial score (nSPS) is 13.6. The van der Waals surface area contributed by atoms with Crippen LogP contribution in [0.2, 0.25) is 0 Å². The molecule has 0 bridgehead atoms. The predicted molar refractivity (Wildman–Crippen MR) is 226 cm³/mol. The Bertz CT molecular complexity index is 2950. The smallest absolute Gasteiger partial charge is 0.175 e. The van der Waals surface area contributed by atoms with Gasteiger partial charge in [-0.15, -0.1) is 0 Å². The lowest BCUT2D eigenvalue weighted by molar-refractivity contribution is 0.473. The van der Waals surface area contributed by atoms with Crippen LogP contribution >= 0.6 is 0 Å². The van der Waals surface area contributed by atoms with Gasteiger partial charge in [0.25, 0.3) is 0 Å². The number of anilines is 6. The quantitative estimate of drug-likeness (QED) is 0.171. The molecule has 2 aliphatic rings. The fourth-order valence-corrected chi connectivity index (χ4v) is 8.98. The van der Waals surface area contributed by atoms with E-state index in [1.165, 1.54) is 60.3 Å². The van der Waals surface area contributed by atoms with Gasteiger partial charge in [-0.25, -0.2) is 0 Å². The Morgan fingerprint density at radius 1 is 0.463 bits per heavy atom. The summed E-state index contributed by atoms with van der Waals surface area (Å²) in [6.07, 6.45) is 0. The van der Waals surface area contributed by atoms with E-state index in [1.54, 1.807) is 0 Å². The van der Waals surface area contributed by atoms with Crippen LogP contribution in [0.1, 0.15) is 25.0 Å². The topological polar surface area (TPSA) is 15.7 Å². The summed E-state index contributed by atoms with van der Waals surface area (Å²) in [4.78, 5) is 4.89. The Morgan fingerprint density at radius 2 is 1.11 bits per heavy atom. The molecule has 2 heterocycles. The molecule has 0 saturated heterocycles. The number of nitrogens with zero attached hydrogens (tertiary/aromatic N) is 2. The minimum absolute atomic E-state index is 0.265. The van der Waals surface area contributed by atoms with Gasteiger partial charge in [-0.3, -0.25) is 0 Å². The largest absolute Gasteiger partial charge is 0.451 e. The molecule has 0 radical (unpaired) electrons. The maximum absolute atomic E-state index is 7.31. The van der Waals surface area contributed by atoms with Crippen LogP contribution in [0.15, 0.2) is 182 Å². The molecule has 3 heteroatoms. The lowest BCUT2D eigenvalue weighted by Gasteiger charge is -2.46. The van der Waals surface area contributed by atoms with Crippen molar-refractivity contribution in [2.24, 2.45) is 0 Å². The van der Waals surface area contributed by atoms with E-state index in [-0.39, 0.29) is 5.41 Å². The van der Waals surface area contributed by atoms with Crippen LogP contribution in [0.5, 0.6) is 11.5 Å². The summed E-state index contributed by atoms with van der Waals surface area (Å²) in [5, 5.41) is 7.18. The first-order valence-electron chi connectivity index (χ1n) is 18.7. The van der Waals surface area contributed by atoms with Crippen LogP contribution in [0.25, 0.3) is 43.4 Å². The summed E-state index contributed by atoms with van der Waals surface area (Å²) in [6, 6.07) is 65.9. The van der Waals surface area contributed by atoms with E-state index in [9.17, 15) is 0 Å². The monoisotopic (exact) mass is 692 g/mol. The van der Waals surface area contributed by atoms with Gasteiger partial charge in [-0.1, -0.05) is 159 Å². The summed E-state index contributed by atoms with van der Waals surface area (Å²) < 4.78 is 7.31. The van der Waals surface area contributed by atoms with Crippen LogP contribution in [-0.4, -0.2) is 0 Å². The predicted octanol–water partition coefficient (Wildman–Crippen LogP) is 14.5. The van der Waals surface area contributed by atoms with Gasteiger partial charge in [0.2, 0.25) is 0 Å². The van der Waals surface area contributed by atoms with Crippen molar-refractivity contribution in [2.75, 3.05) is 9.80 Å². The summed E-state index contributed by atoms with van der Waals surface area (Å²) >= 11 is 0. The third-order valence-electron chi connectivity index (χ3n) is 11.6. The molecule has 2 aliphatic heterocycles. The van der Waals surface area contributed by atoms with Gasteiger partial charge < -0.3 is 14.5 Å². The van der Waals surface area contributed by atoms with E-state index in [0.717, 1.165) is 39.9 Å². The van der Waals surface area contributed by atoms with Crippen LogP contribution < -0.4 is 14.5 Å². The minimum Gasteiger partial charge on any atom is -0.451 e. The maximum atomic E-state index is 7.31. The van der Waals surface area contributed by atoms with Crippen LogP contribution in [0.4, 0.5) is 34.1 Å². The first kappa shape index (κ1) is 30.8. The van der Waals surface area contributed by atoms with Gasteiger partial charge in [0.15, 0.2) is 11.5 Å². The zero-order valence-corrected chi connectivity index (χ0v) is 30.1. The molecule has 3 nitrogen and oxygen atoms in total. The molecule has 11 rings (SSSR count). The number of hydrogen-bond acceptors (Lipinski definition) is 3. The molecule has 54 heavy (non-hydrogen) atoms.